The minimum absolute atomic E-state index is 0.107. The number of aliphatic hydroxyl groups excluding tert-OH is 1. The molecule has 0 aliphatic rings. The number of esters is 4. The van der Waals surface area contributed by atoms with Crippen molar-refractivity contribution in [3.8, 4) is 0 Å². The van der Waals surface area contributed by atoms with Gasteiger partial charge in [0.2, 0.25) is 0 Å². The molecule has 0 radical (unpaired) electrons. The number of phosphoric ester groups is 2. The Labute approximate surface area is 568 Å². The molecule has 0 aliphatic heterocycles. The van der Waals surface area contributed by atoms with Gasteiger partial charge in [-0.3, -0.25) is 37.3 Å². The Balaban J connectivity index is 5.25. The predicted molar refractivity (Wildman–Crippen MR) is 377 cm³/mol. The fourth-order valence-electron chi connectivity index (χ4n) is 11.3. The van der Waals surface area contributed by atoms with E-state index in [-0.39, 0.29) is 25.7 Å². The van der Waals surface area contributed by atoms with E-state index >= 15 is 0 Å². The second kappa shape index (κ2) is 66.0. The fourth-order valence-corrected chi connectivity index (χ4v) is 12.8. The van der Waals surface area contributed by atoms with Crippen LogP contribution in [0.25, 0.3) is 0 Å². The van der Waals surface area contributed by atoms with Gasteiger partial charge in [-0.2, -0.15) is 0 Å². The number of phosphoric acid groups is 2. The van der Waals surface area contributed by atoms with Gasteiger partial charge in [-0.05, 0) is 37.5 Å². The van der Waals surface area contributed by atoms with Gasteiger partial charge < -0.3 is 33.8 Å². The number of carbonyl (C=O) groups is 4. The maximum Gasteiger partial charge on any atom is 0.472 e. The van der Waals surface area contributed by atoms with Crippen LogP contribution in [0.2, 0.25) is 0 Å². The molecule has 552 valence electrons. The molecule has 0 bridgehead atoms. The summed E-state index contributed by atoms with van der Waals surface area (Å²) in [7, 11) is -9.91. The Morgan fingerprint density at radius 2 is 0.548 bits per heavy atom. The third-order valence-corrected chi connectivity index (χ3v) is 19.5. The molecule has 0 aromatic carbocycles. The van der Waals surface area contributed by atoms with E-state index in [0.717, 1.165) is 102 Å². The molecule has 0 aliphatic carbocycles. The van der Waals surface area contributed by atoms with Crippen LogP contribution in [0.3, 0.4) is 0 Å². The van der Waals surface area contributed by atoms with Crippen LogP contribution in [-0.2, 0) is 65.4 Å². The van der Waals surface area contributed by atoms with Gasteiger partial charge in [-0.25, -0.2) is 9.13 Å². The number of ether oxygens (including phenoxy) is 4. The normalized spacial score (nSPS) is 14.3. The predicted octanol–water partition coefficient (Wildman–Crippen LogP) is 21.6. The first-order chi connectivity index (χ1) is 44.9. The van der Waals surface area contributed by atoms with Crippen LogP contribution in [0.1, 0.15) is 382 Å². The van der Waals surface area contributed by atoms with Gasteiger partial charge >= 0.3 is 39.5 Å². The molecule has 17 nitrogen and oxygen atoms in total. The van der Waals surface area contributed by atoms with Crippen LogP contribution in [0, 0.1) is 11.8 Å². The molecule has 0 aromatic rings. The molecule has 3 N–H and O–H groups in total. The van der Waals surface area contributed by atoms with Gasteiger partial charge in [0.1, 0.15) is 19.3 Å². The molecular formula is C74H144O17P2. The molecule has 0 rings (SSSR count). The Kier molecular flexibility index (Phi) is 64.6. The maximum absolute atomic E-state index is 13.1. The summed E-state index contributed by atoms with van der Waals surface area (Å²) < 4.78 is 68.4. The second-order valence-electron chi connectivity index (χ2n) is 27.4. The molecule has 0 amide bonds. The lowest BCUT2D eigenvalue weighted by Crippen LogP contribution is -2.30. The molecule has 3 unspecified atom stereocenters. The summed E-state index contributed by atoms with van der Waals surface area (Å²) in [4.78, 5) is 72.7. The minimum Gasteiger partial charge on any atom is -0.462 e. The van der Waals surface area contributed by atoms with Gasteiger partial charge in [0.25, 0.3) is 0 Å². The maximum atomic E-state index is 13.1. The molecule has 0 spiro atoms. The summed E-state index contributed by atoms with van der Waals surface area (Å²) >= 11 is 0. The standard InChI is InChI=1S/C74H144O17P2/c1-7-10-12-14-16-18-24-32-38-44-50-56-71(76)84-62-69(90-73(78)58-52-46-40-34-25-19-17-15-13-11-8-2)64-88-92(80,81)86-60-68(75)61-87-93(82,83)89-65-70(63-85-72(77)57-51-45-39-33-29-28-31-37-43-49-55-67(6)9-3)91-74(79)59-53-47-41-35-27-23-21-20-22-26-30-36-42-48-54-66(4)5/h66-70,75H,7-65H2,1-6H3,(H,80,81)(H,82,83)/t67?,68-,69+,70+/m0/s1. The lowest BCUT2D eigenvalue weighted by Gasteiger charge is -2.21. The summed E-state index contributed by atoms with van der Waals surface area (Å²) in [5, 5.41) is 10.6. The van der Waals surface area contributed by atoms with Gasteiger partial charge in [0.05, 0.1) is 26.4 Å². The highest BCUT2D eigenvalue weighted by Crippen LogP contribution is 2.45. The number of hydrogen-bond acceptors (Lipinski definition) is 15. The van der Waals surface area contributed by atoms with Crippen LogP contribution in [0.4, 0.5) is 0 Å². The number of carbonyl (C=O) groups excluding carboxylic acids is 4. The van der Waals surface area contributed by atoms with E-state index < -0.39 is 97.5 Å². The van der Waals surface area contributed by atoms with Gasteiger partial charge in [0, 0.05) is 25.7 Å². The van der Waals surface area contributed by atoms with E-state index in [1.165, 1.54) is 199 Å². The van der Waals surface area contributed by atoms with Gasteiger partial charge in [-0.15, -0.1) is 0 Å². The van der Waals surface area contributed by atoms with E-state index in [4.69, 9.17) is 37.0 Å². The molecule has 19 heteroatoms. The van der Waals surface area contributed by atoms with Gasteiger partial charge in [-0.1, -0.05) is 330 Å². The highest BCUT2D eigenvalue weighted by atomic mass is 31.2. The van der Waals surface area contributed by atoms with Crippen LogP contribution >= 0.6 is 15.6 Å². The highest BCUT2D eigenvalue weighted by molar-refractivity contribution is 7.47. The summed E-state index contributed by atoms with van der Waals surface area (Å²) in [5.41, 5.74) is 0. The quantitative estimate of drug-likeness (QED) is 0.0222. The van der Waals surface area contributed by atoms with Crippen LogP contribution in [0.5, 0.6) is 0 Å². The molecule has 93 heavy (non-hydrogen) atoms. The van der Waals surface area contributed by atoms with Crippen molar-refractivity contribution in [1.82, 2.24) is 0 Å². The van der Waals surface area contributed by atoms with Crippen LogP contribution in [0.15, 0.2) is 0 Å². The SMILES string of the molecule is CCCCCCCCCCCCCC(=O)OC[C@H](COP(=O)(O)OC[C@H](O)COP(=O)(O)OC[C@@H](COC(=O)CCCCCCCCCCCCC(C)CC)OC(=O)CCCCCCCCCCCCCCCCC(C)C)OC(=O)CCCCCCCCCCCCC. The van der Waals surface area contributed by atoms with Crippen molar-refractivity contribution in [3.63, 3.8) is 0 Å². The first-order valence-electron chi connectivity index (χ1n) is 38.5. The Hall–Kier alpha value is -1.94. The third kappa shape index (κ3) is 67.0. The zero-order chi connectivity index (χ0) is 68.6. The smallest absolute Gasteiger partial charge is 0.462 e. The minimum atomic E-state index is -4.96. The highest BCUT2D eigenvalue weighted by Gasteiger charge is 2.30. The third-order valence-electron chi connectivity index (χ3n) is 17.6. The average molecular weight is 1370 g/mol. The van der Waals surface area contributed by atoms with Crippen molar-refractivity contribution in [2.75, 3.05) is 39.6 Å². The number of rotatable bonds is 73. The topological polar surface area (TPSA) is 237 Å². The summed E-state index contributed by atoms with van der Waals surface area (Å²) in [6, 6.07) is 0. The number of hydrogen-bond donors (Lipinski definition) is 3. The van der Waals surface area contributed by atoms with E-state index in [0.29, 0.717) is 25.7 Å². The Morgan fingerprint density at radius 3 is 0.817 bits per heavy atom. The Morgan fingerprint density at radius 1 is 0.312 bits per heavy atom. The molecule has 6 atom stereocenters. The van der Waals surface area contributed by atoms with E-state index in [1.807, 2.05) is 0 Å². The van der Waals surface area contributed by atoms with Crippen molar-refractivity contribution < 1.29 is 80.2 Å². The van der Waals surface area contributed by atoms with Crippen LogP contribution in [-0.4, -0.2) is 96.7 Å². The van der Waals surface area contributed by atoms with Gasteiger partial charge in [0.15, 0.2) is 12.2 Å². The first-order valence-corrected chi connectivity index (χ1v) is 41.5. The monoisotopic (exact) mass is 1370 g/mol. The molecule has 0 heterocycles. The van der Waals surface area contributed by atoms with Crippen LogP contribution < -0.4 is 0 Å². The lowest BCUT2D eigenvalue weighted by molar-refractivity contribution is -0.161. The number of unbranched alkanes of at least 4 members (excludes halogenated alkanes) is 42. The zero-order valence-electron chi connectivity index (χ0n) is 60.6. The van der Waals surface area contributed by atoms with E-state index in [2.05, 4.69) is 41.5 Å². The summed E-state index contributed by atoms with van der Waals surface area (Å²) in [5.74, 6) is -0.512. The lowest BCUT2D eigenvalue weighted by atomic mass is 9.99. The zero-order valence-corrected chi connectivity index (χ0v) is 62.3. The Bertz CT molecular complexity index is 1810. The van der Waals surface area contributed by atoms with E-state index in [9.17, 15) is 43.2 Å². The molecule has 0 saturated carbocycles. The van der Waals surface area contributed by atoms with E-state index in [1.54, 1.807) is 0 Å². The second-order valence-corrected chi connectivity index (χ2v) is 30.3. The fraction of sp³-hybridized carbons (Fsp3) is 0.946. The average Bonchev–Trinajstić information content (AvgIpc) is 3.16. The van der Waals surface area contributed by atoms with Crippen molar-refractivity contribution >= 4 is 39.5 Å². The molecule has 0 saturated heterocycles. The molecule has 0 fully saturated rings. The summed E-state index contributed by atoms with van der Waals surface area (Å²) in [6.45, 7) is 9.63. The molecule has 0 aromatic heterocycles. The first kappa shape index (κ1) is 91.1. The molecular weight excluding hydrogens is 1220 g/mol. The summed E-state index contributed by atoms with van der Waals surface area (Å²) in [6.07, 6.45) is 52.5. The number of aliphatic hydroxyl groups is 1. The largest absolute Gasteiger partial charge is 0.472 e. The van der Waals surface area contributed by atoms with Crippen molar-refractivity contribution in [2.24, 2.45) is 11.8 Å². The van der Waals surface area contributed by atoms with Crippen molar-refractivity contribution in [2.45, 2.75) is 400 Å². The van der Waals surface area contributed by atoms with Crippen molar-refractivity contribution in [1.29, 1.82) is 0 Å². The van der Waals surface area contributed by atoms with Crippen molar-refractivity contribution in [3.05, 3.63) is 0 Å².